The molecule has 0 atom stereocenters. The highest BCUT2D eigenvalue weighted by molar-refractivity contribution is 6.38. The number of halogens is 4. The van der Waals surface area contributed by atoms with Crippen molar-refractivity contribution in [3.8, 4) is 11.5 Å². The number of carbonyl (C=O) groups is 2. The summed E-state index contributed by atoms with van der Waals surface area (Å²) in [5.74, 6) is -2.24. The lowest BCUT2D eigenvalue weighted by Crippen LogP contribution is -2.00. The van der Waals surface area contributed by atoms with E-state index in [0.29, 0.717) is 6.61 Å². The molecule has 3 aromatic carbocycles. The summed E-state index contributed by atoms with van der Waals surface area (Å²) in [4.78, 5) is 21.3. The lowest BCUT2D eigenvalue weighted by atomic mass is 10.2. The minimum Gasteiger partial charge on any atom is -0.505 e. The van der Waals surface area contributed by atoms with Crippen molar-refractivity contribution < 1.29 is 29.6 Å². The third-order valence-corrected chi connectivity index (χ3v) is 4.87. The summed E-state index contributed by atoms with van der Waals surface area (Å²) in [5, 5.41) is 26.7. The molecule has 0 spiro atoms. The van der Waals surface area contributed by atoms with Gasteiger partial charge in [0.2, 0.25) is 0 Å². The topological polar surface area (TPSA) is 104 Å². The van der Waals surface area contributed by atoms with Crippen LogP contribution in [-0.4, -0.2) is 27.3 Å². The number of aromatic carboxylic acids is 2. The monoisotopic (exact) mass is 502 g/mol. The predicted molar refractivity (Wildman–Crippen MR) is 119 cm³/mol. The highest BCUT2D eigenvalue weighted by Crippen LogP contribution is 2.35. The SMILES string of the molecule is O=C(O)c1cc(Cl)c(O)c(Cl)c1.O=C(O)c1cc(Cl)c(OCc2ccccc2)c(Cl)c1. The van der Waals surface area contributed by atoms with E-state index in [1.54, 1.807) is 0 Å². The summed E-state index contributed by atoms with van der Waals surface area (Å²) in [6.07, 6.45) is 0. The molecule has 10 heteroatoms. The van der Waals surface area contributed by atoms with Gasteiger partial charge in [0.25, 0.3) is 0 Å². The molecule has 31 heavy (non-hydrogen) atoms. The van der Waals surface area contributed by atoms with E-state index < -0.39 is 11.9 Å². The Bertz CT molecular complexity index is 1060. The molecule has 0 bridgehead atoms. The van der Waals surface area contributed by atoms with Crippen LogP contribution in [0, 0.1) is 0 Å². The Balaban J connectivity index is 0.000000245. The maximum atomic E-state index is 10.8. The van der Waals surface area contributed by atoms with Crippen LogP contribution >= 0.6 is 46.4 Å². The number of carboxylic acid groups (broad SMARTS) is 2. The van der Waals surface area contributed by atoms with Crippen LogP contribution < -0.4 is 4.74 Å². The van der Waals surface area contributed by atoms with Gasteiger partial charge in [-0.15, -0.1) is 0 Å². The Morgan fingerprint density at radius 2 is 1.16 bits per heavy atom. The molecule has 0 aliphatic carbocycles. The number of phenolic OH excluding ortho intramolecular Hbond substituents is 1. The van der Waals surface area contributed by atoms with E-state index in [1.807, 2.05) is 30.3 Å². The number of hydrogen-bond acceptors (Lipinski definition) is 4. The zero-order valence-corrected chi connectivity index (χ0v) is 18.5. The normalized spacial score (nSPS) is 10.1. The van der Waals surface area contributed by atoms with Crippen molar-refractivity contribution in [1.82, 2.24) is 0 Å². The molecule has 0 radical (unpaired) electrons. The first-order valence-electron chi connectivity index (χ1n) is 8.40. The van der Waals surface area contributed by atoms with Gasteiger partial charge in [-0.2, -0.15) is 0 Å². The lowest BCUT2D eigenvalue weighted by Gasteiger charge is -2.10. The molecule has 0 fully saturated rings. The van der Waals surface area contributed by atoms with E-state index in [9.17, 15) is 9.59 Å². The molecule has 0 aliphatic heterocycles. The molecule has 0 aliphatic rings. The summed E-state index contributed by atoms with van der Waals surface area (Å²) >= 11 is 22.9. The van der Waals surface area contributed by atoms with Crippen LogP contribution in [-0.2, 0) is 6.61 Å². The lowest BCUT2D eigenvalue weighted by molar-refractivity contribution is 0.0686. The number of hydrogen-bond donors (Lipinski definition) is 3. The molecule has 0 amide bonds. The van der Waals surface area contributed by atoms with Crippen LogP contribution in [0.1, 0.15) is 26.3 Å². The van der Waals surface area contributed by atoms with E-state index in [0.717, 1.165) is 17.7 Å². The maximum absolute atomic E-state index is 10.8. The fourth-order valence-electron chi connectivity index (χ4n) is 2.24. The number of aromatic hydroxyl groups is 1. The maximum Gasteiger partial charge on any atom is 0.335 e. The van der Waals surface area contributed by atoms with Gasteiger partial charge in [-0.1, -0.05) is 76.7 Å². The molecule has 162 valence electrons. The van der Waals surface area contributed by atoms with Crippen molar-refractivity contribution in [2.75, 3.05) is 0 Å². The van der Waals surface area contributed by atoms with Crippen molar-refractivity contribution >= 4 is 58.3 Å². The number of carboxylic acids is 2. The quantitative estimate of drug-likeness (QED) is 0.359. The average Bonchev–Trinajstić information content (AvgIpc) is 2.72. The standard InChI is InChI=1S/C14H10Cl2O3.C7H4Cl2O3/c15-11-6-10(14(17)18)7-12(16)13(11)19-8-9-4-2-1-3-5-9;8-4-1-3(7(11)12)2-5(9)6(4)10/h1-7H,8H2,(H,17,18);1-2,10H,(H,11,12). The number of rotatable bonds is 5. The minimum absolute atomic E-state index is 0.0297. The van der Waals surface area contributed by atoms with E-state index >= 15 is 0 Å². The molecule has 0 aromatic heterocycles. The van der Waals surface area contributed by atoms with Gasteiger partial charge < -0.3 is 20.1 Å². The number of ether oxygens (including phenoxy) is 1. The highest BCUT2D eigenvalue weighted by Gasteiger charge is 2.13. The molecule has 0 unspecified atom stereocenters. The molecule has 3 N–H and O–H groups in total. The molecule has 0 saturated carbocycles. The first-order valence-corrected chi connectivity index (χ1v) is 9.91. The van der Waals surface area contributed by atoms with Gasteiger partial charge in [-0.3, -0.25) is 0 Å². The van der Waals surface area contributed by atoms with Crippen molar-refractivity contribution in [1.29, 1.82) is 0 Å². The molecular weight excluding hydrogens is 490 g/mol. The minimum atomic E-state index is -1.14. The molecular formula is C21H14Cl4O6. The summed E-state index contributed by atoms with van der Waals surface area (Å²) in [6.45, 7) is 0.312. The van der Waals surface area contributed by atoms with Crippen LogP contribution in [0.15, 0.2) is 54.6 Å². The Morgan fingerprint density at radius 3 is 1.58 bits per heavy atom. The number of benzene rings is 3. The van der Waals surface area contributed by atoms with E-state index in [1.165, 1.54) is 12.1 Å². The zero-order valence-electron chi connectivity index (χ0n) is 15.5. The summed E-state index contributed by atoms with van der Waals surface area (Å²) in [6, 6.07) is 14.4. The summed E-state index contributed by atoms with van der Waals surface area (Å²) < 4.78 is 5.53. The summed E-state index contributed by atoms with van der Waals surface area (Å²) in [5.41, 5.74) is 0.946. The average molecular weight is 504 g/mol. The molecule has 0 heterocycles. The fraction of sp³-hybridized carbons (Fsp3) is 0.0476. The van der Waals surface area contributed by atoms with Crippen molar-refractivity contribution in [2.24, 2.45) is 0 Å². The second-order valence-electron chi connectivity index (χ2n) is 5.94. The first kappa shape index (κ1) is 24.6. The van der Waals surface area contributed by atoms with Crippen molar-refractivity contribution in [3.63, 3.8) is 0 Å². The zero-order chi connectivity index (χ0) is 23.1. The highest BCUT2D eigenvalue weighted by atomic mass is 35.5. The van der Waals surface area contributed by atoms with Crippen LogP contribution in [0.2, 0.25) is 20.1 Å². The Kier molecular flexibility index (Phi) is 8.83. The Morgan fingerprint density at radius 1 is 0.742 bits per heavy atom. The van der Waals surface area contributed by atoms with Gasteiger partial charge in [0.05, 0.1) is 31.2 Å². The van der Waals surface area contributed by atoms with Crippen LogP contribution in [0.3, 0.4) is 0 Å². The van der Waals surface area contributed by atoms with E-state index in [2.05, 4.69) is 0 Å². The van der Waals surface area contributed by atoms with Crippen molar-refractivity contribution in [3.05, 3.63) is 91.4 Å². The van der Waals surface area contributed by atoms with Gasteiger partial charge in [-0.05, 0) is 29.8 Å². The van der Waals surface area contributed by atoms with Gasteiger partial charge in [-0.25, -0.2) is 9.59 Å². The van der Waals surface area contributed by atoms with Crippen LogP contribution in [0.5, 0.6) is 11.5 Å². The second-order valence-corrected chi connectivity index (χ2v) is 7.57. The Labute approximate surface area is 197 Å². The van der Waals surface area contributed by atoms with Crippen LogP contribution in [0.25, 0.3) is 0 Å². The van der Waals surface area contributed by atoms with Gasteiger partial charge >= 0.3 is 11.9 Å². The van der Waals surface area contributed by atoms with Gasteiger partial charge in [0.1, 0.15) is 6.61 Å². The van der Waals surface area contributed by atoms with E-state index in [-0.39, 0.29) is 42.7 Å². The third kappa shape index (κ3) is 6.94. The summed E-state index contributed by atoms with van der Waals surface area (Å²) in [7, 11) is 0. The van der Waals surface area contributed by atoms with Crippen LogP contribution in [0.4, 0.5) is 0 Å². The molecule has 6 nitrogen and oxygen atoms in total. The first-order chi connectivity index (χ1) is 14.6. The fourth-order valence-corrected chi connectivity index (χ4v) is 3.32. The second kappa shape index (κ2) is 11.1. The molecule has 3 rings (SSSR count). The molecule has 3 aromatic rings. The van der Waals surface area contributed by atoms with E-state index in [4.69, 9.17) is 66.5 Å². The Hall–Kier alpha value is -2.64. The predicted octanol–water partition coefficient (Wildman–Crippen LogP) is 6.67. The number of phenols is 1. The van der Waals surface area contributed by atoms with Gasteiger partial charge in [0.15, 0.2) is 11.5 Å². The largest absolute Gasteiger partial charge is 0.505 e. The smallest absolute Gasteiger partial charge is 0.335 e. The third-order valence-electron chi connectivity index (χ3n) is 3.74. The molecule has 0 saturated heterocycles. The van der Waals surface area contributed by atoms with Gasteiger partial charge in [0, 0.05) is 0 Å². The van der Waals surface area contributed by atoms with Crippen molar-refractivity contribution in [2.45, 2.75) is 6.61 Å².